The summed E-state index contributed by atoms with van der Waals surface area (Å²) in [5.41, 5.74) is 0. The van der Waals surface area contributed by atoms with Gasteiger partial charge in [0.1, 0.15) is 12.4 Å². The van der Waals surface area contributed by atoms with Gasteiger partial charge in [0.05, 0.1) is 5.75 Å². The Bertz CT molecular complexity index is 713. The smallest absolute Gasteiger partial charge is 0.266 e. The molecule has 1 aromatic carbocycles. The molecule has 1 atom stereocenters. The van der Waals surface area contributed by atoms with E-state index in [1.165, 1.54) is 0 Å². The number of hydrogen-bond acceptors (Lipinski definition) is 5. The molecule has 22 heavy (non-hydrogen) atoms. The van der Waals surface area contributed by atoms with Crippen LogP contribution in [0.2, 0.25) is 5.02 Å². The first-order valence-corrected chi connectivity index (χ1v) is 8.96. The van der Waals surface area contributed by atoms with Crippen LogP contribution in [-0.2, 0) is 16.4 Å². The topological polar surface area (TPSA) is 84.9 Å². The highest BCUT2D eigenvalue weighted by atomic mass is 35.5. The van der Waals surface area contributed by atoms with E-state index >= 15 is 0 Å². The molecule has 120 valence electrons. The zero-order valence-electron chi connectivity index (χ0n) is 12.4. The van der Waals surface area contributed by atoms with Gasteiger partial charge in [0.25, 0.3) is 5.16 Å². The number of H-pyrrole nitrogens is 1. The Hall–Kier alpha value is -1.60. The van der Waals surface area contributed by atoms with E-state index in [2.05, 4.69) is 15.2 Å². The number of aromatic nitrogens is 3. The maximum absolute atomic E-state index is 12.1. The molecule has 0 amide bonds. The third kappa shape index (κ3) is 4.45. The van der Waals surface area contributed by atoms with Gasteiger partial charge < -0.3 is 4.74 Å². The Morgan fingerprint density at radius 1 is 1.32 bits per heavy atom. The number of nitrogens with one attached hydrogen (secondary N) is 1. The zero-order chi connectivity index (χ0) is 16.2. The standard InChI is InChI=1S/C14H18ClN3O3S/c1-3-10(2)9-22(19,20)14-16-13(17-18-14)8-21-12-6-4-11(15)5-7-12/h4-7,10H,3,8-9H2,1-2H3,(H,16,17,18). The molecule has 0 aliphatic heterocycles. The highest BCUT2D eigenvalue weighted by Crippen LogP contribution is 2.17. The number of hydrogen-bond donors (Lipinski definition) is 1. The van der Waals surface area contributed by atoms with Crippen LogP contribution in [0.1, 0.15) is 26.1 Å². The summed E-state index contributed by atoms with van der Waals surface area (Å²) in [7, 11) is -3.47. The maximum Gasteiger partial charge on any atom is 0.266 e. The summed E-state index contributed by atoms with van der Waals surface area (Å²) in [5, 5.41) is 6.81. The first-order valence-electron chi connectivity index (χ1n) is 6.93. The lowest BCUT2D eigenvalue weighted by Crippen LogP contribution is -2.15. The Morgan fingerprint density at radius 3 is 2.64 bits per heavy atom. The van der Waals surface area contributed by atoms with Gasteiger partial charge in [-0.1, -0.05) is 31.9 Å². The van der Waals surface area contributed by atoms with Gasteiger partial charge in [-0.05, 0) is 30.2 Å². The van der Waals surface area contributed by atoms with Crippen LogP contribution in [0.4, 0.5) is 0 Å². The molecular weight excluding hydrogens is 326 g/mol. The van der Waals surface area contributed by atoms with Crippen LogP contribution in [0.3, 0.4) is 0 Å². The number of benzene rings is 1. The third-order valence-corrected chi connectivity index (χ3v) is 5.18. The van der Waals surface area contributed by atoms with E-state index in [0.717, 1.165) is 6.42 Å². The minimum absolute atomic E-state index is 0.0405. The Labute approximate surface area is 134 Å². The fraction of sp³-hybridized carbons (Fsp3) is 0.429. The predicted molar refractivity (Wildman–Crippen MR) is 83.7 cm³/mol. The molecule has 1 heterocycles. The maximum atomic E-state index is 12.1. The van der Waals surface area contributed by atoms with Gasteiger partial charge in [-0.2, -0.15) is 4.98 Å². The number of rotatable bonds is 7. The molecule has 8 heteroatoms. The summed E-state index contributed by atoms with van der Waals surface area (Å²) >= 11 is 5.78. The van der Waals surface area contributed by atoms with Crippen LogP contribution in [0.5, 0.6) is 5.75 Å². The van der Waals surface area contributed by atoms with Gasteiger partial charge in [0.2, 0.25) is 9.84 Å². The molecule has 1 N–H and O–H groups in total. The summed E-state index contributed by atoms with van der Waals surface area (Å²) in [6.07, 6.45) is 0.788. The number of halogens is 1. The van der Waals surface area contributed by atoms with Crippen molar-refractivity contribution >= 4 is 21.4 Å². The number of ether oxygens (including phenoxy) is 1. The van der Waals surface area contributed by atoms with E-state index in [1.54, 1.807) is 24.3 Å². The molecule has 0 saturated carbocycles. The van der Waals surface area contributed by atoms with Crippen LogP contribution < -0.4 is 4.74 Å². The average molecular weight is 344 g/mol. The third-order valence-electron chi connectivity index (χ3n) is 3.18. The van der Waals surface area contributed by atoms with E-state index in [9.17, 15) is 8.42 Å². The summed E-state index contributed by atoms with van der Waals surface area (Å²) < 4.78 is 29.7. The van der Waals surface area contributed by atoms with Crippen LogP contribution >= 0.6 is 11.6 Å². The van der Waals surface area contributed by atoms with E-state index in [1.807, 2.05) is 13.8 Å². The van der Waals surface area contributed by atoms with Crippen molar-refractivity contribution < 1.29 is 13.2 Å². The second-order valence-corrected chi connectivity index (χ2v) is 7.47. The number of nitrogens with zero attached hydrogens (tertiary/aromatic N) is 2. The molecule has 0 aliphatic rings. The van der Waals surface area contributed by atoms with E-state index in [-0.39, 0.29) is 23.4 Å². The second-order valence-electron chi connectivity index (χ2n) is 5.10. The van der Waals surface area contributed by atoms with Crippen molar-refractivity contribution in [2.24, 2.45) is 5.92 Å². The quantitative estimate of drug-likeness (QED) is 0.835. The van der Waals surface area contributed by atoms with Crippen LogP contribution in [0.15, 0.2) is 29.4 Å². The molecule has 0 bridgehead atoms. The van der Waals surface area contributed by atoms with Gasteiger partial charge in [-0.15, -0.1) is 5.10 Å². The van der Waals surface area contributed by atoms with E-state index in [0.29, 0.717) is 16.6 Å². The molecule has 0 fully saturated rings. The Morgan fingerprint density at radius 2 is 2.00 bits per heavy atom. The number of aromatic amines is 1. The average Bonchev–Trinajstić information content (AvgIpc) is 2.96. The predicted octanol–water partition coefficient (Wildman–Crippen LogP) is 2.86. The highest BCUT2D eigenvalue weighted by molar-refractivity contribution is 7.91. The van der Waals surface area contributed by atoms with Gasteiger partial charge >= 0.3 is 0 Å². The lowest BCUT2D eigenvalue weighted by atomic mass is 10.2. The van der Waals surface area contributed by atoms with Crippen molar-refractivity contribution in [3.63, 3.8) is 0 Å². The highest BCUT2D eigenvalue weighted by Gasteiger charge is 2.22. The van der Waals surface area contributed by atoms with Crippen LogP contribution in [-0.4, -0.2) is 29.4 Å². The Kier molecular flexibility index (Phi) is 5.42. The molecule has 0 radical (unpaired) electrons. The number of sulfone groups is 1. The van der Waals surface area contributed by atoms with Crippen molar-refractivity contribution in [1.82, 2.24) is 15.2 Å². The van der Waals surface area contributed by atoms with E-state index < -0.39 is 9.84 Å². The molecule has 0 spiro atoms. The molecule has 1 aromatic heterocycles. The minimum Gasteiger partial charge on any atom is -0.486 e. The van der Waals surface area contributed by atoms with Gasteiger partial charge in [0.15, 0.2) is 5.82 Å². The molecule has 0 saturated heterocycles. The van der Waals surface area contributed by atoms with Gasteiger partial charge in [-0.25, -0.2) is 8.42 Å². The van der Waals surface area contributed by atoms with Crippen LogP contribution in [0.25, 0.3) is 0 Å². The summed E-state index contributed by atoms with van der Waals surface area (Å²) in [6.45, 7) is 3.94. The molecule has 2 aromatic rings. The van der Waals surface area contributed by atoms with Gasteiger partial charge in [0, 0.05) is 5.02 Å². The SMILES string of the molecule is CCC(C)CS(=O)(=O)c1n[nH]c(COc2ccc(Cl)cc2)n1. The Balaban J connectivity index is 2.00. The van der Waals surface area contributed by atoms with E-state index in [4.69, 9.17) is 16.3 Å². The normalized spacial score (nSPS) is 13.0. The summed E-state index contributed by atoms with van der Waals surface area (Å²) in [6, 6.07) is 6.86. The molecule has 2 rings (SSSR count). The molecular formula is C14H18ClN3O3S. The monoisotopic (exact) mass is 343 g/mol. The summed E-state index contributed by atoms with van der Waals surface area (Å²) in [5.74, 6) is 1.08. The fourth-order valence-corrected chi connectivity index (χ4v) is 3.42. The molecule has 1 unspecified atom stereocenters. The van der Waals surface area contributed by atoms with Gasteiger partial charge in [-0.3, -0.25) is 5.10 Å². The van der Waals surface area contributed by atoms with Crippen molar-refractivity contribution in [3.8, 4) is 5.75 Å². The largest absolute Gasteiger partial charge is 0.486 e. The van der Waals surface area contributed by atoms with Crippen LogP contribution in [0, 0.1) is 5.92 Å². The molecule has 6 nitrogen and oxygen atoms in total. The van der Waals surface area contributed by atoms with Crippen molar-refractivity contribution in [2.75, 3.05) is 5.75 Å². The molecule has 0 aliphatic carbocycles. The minimum atomic E-state index is -3.47. The van der Waals surface area contributed by atoms with Crippen molar-refractivity contribution in [3.05, 3.63) is 35.1 Å². The fourth-order valence-electron chi connectivity index (χ4n) is 1.73. The second kappa shape index (κ2) is 7.11. The first-order chi connectivity index (χ1) is 10.4. The zero-order valence-corrected chi connectivity index (χ0v) is 14.0. The van der Waals surface area contributed by atoms with Crippen molar-refractivity contribution in [1.29, 1.82) is 0 Å². The lowest BCUT2D eigenvalue weighted by Gasteiger charge is -2.06. The lowest BCUT2D eigenvalue weighted by molar-refractivity contribution is 0.296. The first kappa shape index (κ1) is 16.8. The van der Waals surface area contributed by atoms with Crippen molar-refractivity contribution in [2.45, 2.75) is 32.0 Å². The summed E-state index contributed by atoms with van der Waals surface area (Å²) in [4.78, 5) is 4.00.